The van der Waals surface area contributed by atoms with Gasteiger partial charge in [-0.05, 0) is 44.5 Å². The second kappa shape index (κ2) is 7.40. The summed E-state index contributed by atoms with van der Waals surface area (Å²) in [5.41, 5.74) is 11.8. The molecule has 0 aliphatic rings. The Morgan fingerprint density at radius 3 is 2.67 bits per heavy atom. The summed E-state index contributed by atoms with van der Waals surface area (Å²) >= 11 is 0. The highest BCUT2D eigenvalue weighted by Crippen LogP contribution is 2.19. The fourth-order valence-corrected chi connectivity index (χ4v) is 1.68. The van der Waals surface area contributed by atoms with Crippen molar-refractivity contribution in [1.29, 1.82) is 0 Å². The van der Waals surface area contributed by atoms with Crippen molar-refractivity contribution in [3.05, 3.63) is 29.3 Å². The van der Waals surface area contributed by atoms with E-state index in [1.807, 2.05) is 20.8 Å². The van der Waals surface area contributed by atoms with Gasteiger partial charge in [-0.3, -0.25) is 4.79 Å². The number of carbonyl (C=O) groups excluding carboxylic acids is 1. The average molecular weight is 295 g/mol. The normalized spacial score (nSPS) is 13.0. The second-order valence-electron chi connectivity index (χ2n) is 5.78. The lowest BCUT2D eigenvalue weighted by Gasteiger charge is -2.26. The number of carbonyl (C=O) groups is 1. The molecule has 0 spiro atoms. The number of nitrogens with two attached hydrogens (primary N) is 2. The van der Waals surface area contributed by atoms with Gasteiger partial charge in [0.2, 0.25) is 5.91 Å². The summed E-state index contributed by atoms with van der Waals surface area (Å²) in [6.07, 6.45) is -0.647. The number of β-amino-alcohol motifs (C(OH)–C–C–N with tert-alkyl or cyclic N) is 1. The molecule has 0 aliphatic carbocycles. The van der Waals surface area contributed by atoms with E-state index >= 15 is 0 Å². The molecule has 0 heterocycles. The molecule has 0 saturated heterocycles. The van der Waals surface area contributed by atoms with E-state index in [2.05, 4.69) is 5.32 Å². The van der Waals surface area contributed by atoms with E-state index in [9.17, 15) is 9.90 Å². The molecule has 1 aromatic rings. The lowest BCUT2D eigenvalue weighted by Crippen LogP contribution is -2.49. The SMILES string of the molecule is Cc1cc(C(N)=O)ccc1OCC(O)CNC(C)(C)CN. The first kappa shape index (κ1) is 17.4. The summed E-state index contributed by atoms with van der Waals surface area (Å²) in [6.45, 7) is 6.78. The third-order valence-electron chi connectivity index (χ3n) is 3.22. The zero-order chi connectivity index (χ0) is 16.0. The van der Waals surface area contributed by atoms with Crippen molar-refractivity contribution >= 4 is 5.91 Å². The summed E-state index contributed by atoms with van der Waals surface area (Å²) in [5.74, 6) is 0.148. The molecule has 1 amide bonds. The van der Waals surface area contributed by atoms with Gasteiger partial charge >= 0.3 is 0 Å². The fraction of sp³-hybridized carbons (Fsp3) is 0.533. The highest BCUT2D eigenvalue weighted by atomic mass is 16.5. The van der Waals surface area contributed by atoms with Gasteiger partial charge < -0.3 is 26.6 Å². The van der Waals surface area contributed by atoms with Crippen molar-refractivity contribution in [3.63, 3.8) is 0 Å². The molecule has 0 radical (unpaired) electrons. The van der Waals surface area contributed by atoms with Crippen molar-refractivity contribution in [3.8, 4) is 5.75 Å². The van der Waals surface area contributed by atoms with E-state index in [4.69, 9.17) is 16.2 Å². The molecule has 1 unspecified atom stereocenters. The molecule has 21 heavy (non-hydrogen) atoms. The Hall–Kier alpha value is -1.63. The molecule has 0 aromatic heterocycles. The Balaban J connectivity index is 2.50. The number of primary amides is 1. The molecule has 1 atom stereocenters. The maximum Gasteiger partial charge on any atom is 0.248 e. The number of aliphatic hydroxyl groups excluding tert-OH is 1. The van der Waals surface area contributed by atoms with Crippen LogP contribution >= 0.6 is 0 Å². The molecule has 6 nitrogen and oxygen atoms in total. The van der Waals surface area contributed by atoms with Crippen molar-refractivity contribution in [2.75, 3.05) is 19.7 Å². The fourth-order valence-electron chi connectivity index (χ4n) is 1.68. The number of benzene rings is 1. The number of nitrogens with one attached hydrogen (secondary N) is 1. The Bertz CT molecular complexity index is 489. The number of rotatable bonds is 8. The minimum atomic E-state index is -0.647. The smallest absolute Gasteiger partial charge is 0.248 e. The van der Waals surface area contributed by atoms with Crippen molar-refractivity contribution in [2.45, 2.75) is 32.4 Å². The lowest BCUT2D eigenvalue weighted by atomic mass is 10.1. The van der Waals surface area contributed by atoms with Gasteiger partial charge in [0, 0.05) is 24.2 Å². The molecular formula is C15H25N3O3. The van der Waals surface area contributed by atoms with Crippen LogP contribution in [0.5, 0.6) is 5.75 Å². The number of amides is 1. The minimum absolute atomic E-state index is 0.157. The van der Waals surface area contributed by atoms with Crippen LogP contribution in [0.2, 0.25) is 0 Å². The first-order chi connectivity index (χ1) is 9.75. The minimum Gasteiger partial charge on any atom is -0.491 e. The third-order valence-corrected chi connectivity index (χ3v) is 3.22. The van der Waals surface area contributed by atoms with Crippen molar-refractivity contribution in [2.24, 2.45) is 11.5 Å². The Morgan fingerprint density at radius 1 is 1.48 bits per heavy atom. The standard InChI is InChI=1S/C15H25N3O3/c1-10-6-11(14(17)20)4-5-13(10)21-8-12(19)7-18-15(2,3)9-16/h4-6,12,18-19H,7-9,16H2,1-3H3,(H2,17,20). The zero-order valence-corrected chi connectivity index (χ0v) is 12.8. The van der Waals surface area contributed by atoms with Gasteiger partial charge in [0.25, 0.3) is 0 Å². The van der Waals surface area contributed by atoms with Crippen LogP contribution in [0, 0.1) is 6.92 Å². The van der Waals surface area contributed by atoms with Crippen LogP contribution in [0.15, 0.2) is 18.2 Å². The third kappa shape index (κ3) is 5.71. The molecule has 1 aromatic carbocycles. The number of hydrogen-bond acceptors (Lipinski definition) is 5. The summed E-state index contributed by atoms with van der Waals surface area (Å²) in [4.78, 5) is 11.1. The van der Waals surface area contributed by atoms with E-state index < -0.39 is 12.0 Å². The zero-order valence-electron chi connectivity index (χ0n) is 12.8. The van der Waals surface area contributed by atoms with Gasteiger partial charge in [0.15, 0.2) is 0 Å². The van der Waals surface area contributed by atoms with E-state index in [1.54, 1.807) is 18.2 Å². The number of aliphatic hydroxyl groups is 1. The maximum atomic E-state index is 11.1. The highest BCUT2D eigenvalue weighted by Gasteiger charge is 2.16. The summed E-state index contributed by atoms with van der Waals surface area (Å²) in [7, 11) is 0. The Morgan fingerprint density at radius 2 is 2.14 bits per heavy atom. The maximum absolute atomic E-state index is 11.1. The summed E-state index contributed by atoms with van der Waals surface area (Å²) < 4.78 is 5.56. The molecule has 118 valence electrons. The van der Waals surface area contributed by atoms with Crippen LogP contribution in [-0.4, -0.2) is 42.4 Å². The van der Waals surface area contributed by atoms with Gasteiger partial charge in [0.1, 0.15) is 18.5 Å². The monoisotopic (exact) mass is 295 g/mol. The molecule has 6 N–H and O–H groups in total. The molecule has 0 fully saturated rings. The quantitative estimate of drug-likeness (QED) is 0.546. The molecule has 6 heteroatoms. The molecule has 1 rings (SSSR count). The lowest BCUT2D eigenvalue weighted by molar-refractivity contribution is 0.0984. The second-order valence-corrected chi connectivity index (χ2v) is 5.78. The molecular weight excluding hydrogens is 270 g/mol. The van der Waals surface area contributed by atoms with Crippen LogP contribution in [0.3, 0.4) is 0 Å². The van der Waals surface area contributed by atoms with Crippen LogP contribution in [-0.2, 0) is 0 Å². The van der Waals surface area contributed by atoms with Gasteiger partial charge in [-0.15, -0.1) is 0 Å². The first-order valence-corrected chi connectivity index (χ1v) is 6.91. The molecule has 0 saturated carbocycles. The van der Waals surface area contributed by atoms with E-state index in [1.165, 1.54) is 0 Å². The topological polar surface area (TPSA) is 111 Å². The number of ether oxygens (including phenoxy) is 1. The summed E-state index contributed by atoms with van der Waals surface area (Å²) in [6, 6.07) is 4.95. The van der Waals surface area contributed by atoms with Crippen LogP contribution in [0.1, 0.15) is 29.8 Å². The first-order valence-electron chi connectivity index (χ1n) is 6.91. The Kier molecular flexibility index (Phi) is 6.14. The summed E-state index contributed by atoms with van der Waals surface area (Å²) in [5, 5.41) is 13.1. The van der Waals surface area contributed by atoms with Gasteiger partial charge in [-0.2, -0.15) is 0 Å². The van der Waals surface area contributed by atoms with Crippen molar-refractivity contribution < 1.29 is 14.6 Å². The van der Waals surface area contributed by atoms with E-state index in [0.29, 0.717) is 24.4 Å². The highest BCUT2D eigenvalue weighted by molar-refractivity contribution is 5.93. The predicted octanol–water partition coefficient (Wildman–Crippen LogP) is 0.161. The van der Waals surface area contributed by atoms with Crippen LogP contribution < -0.4 is 21.5 Å². The van der Waals surface area contributed by atoms with E-state index in [-0.39, 0.29) is 12.1 Å². The van der Waals surface area contributed by atoms with Gasteiger partial charge in [-0.1, -0.05) is 0 Å². The van der Waals surface area contributed by atoms with Crippen molar-refractivity contribution in [1.82, 2.24) is 5.32 Å². The van der Waals surface area contributed by atoms with E-state index in [0.717, 1.165) is 5.56 Å². The average Bonchev–Trinajstić information content (AvgIpc) is 2.43. The number of aryl methyl sites for hydroxylation is 1. The largest absolute Gasteiger partial charge is 0.491 e. The predicted molar refractivity (Wildman–Crippen MR) is 82.3 cm³/mol. The van der Waals surface area contributed by atoms with Crippen LogP contribution in [0.25, 0.3) is 0 Å². The molecule has 0 aliphatic heterocycles. The van der Waals surface area contributed by atoms with Gasteiger partial charge in [0.05, 0.1) is 0 Å². The number of hydrogen-bond donors (Lipinski definition) is 4. The van der Waals surface area contributed by atoms with Crippen LogP contribution in [0.4, 0.5) is 0 Å². The Labute approximate surface area is 125 Å². The van der Waals surface area contributed by atoms with Gasteiger partial charge in [-0.25, -0.2) is 0 Å². The molecule has 0 bridgehead atoms.